The fourth-order valence-corrected chi connectivity index (χ4v) is 5.77. The lowest BCUT2D eigenvalue weighted by Gasteiger charge is -2.30. The summed E-state index contributed by atoms with van der Waals surface area (Å²) in [5, 5.41) is 7.87. The zero-order valence-corrected chi connectivity index (χ0v) is 15.2. The molecular formula is C17H22N4O3S. The molecule has 4 rings (SSSR count). The molecule has 8 heteroatoms. The van der Waals surface area contributed by atoms with Crippen molar-refractivity contribution in [3.8, 4) is 0 Å². The van der Waals surface area contributed by atoms with Crippen molar-refractivity contribution in [3.63, 3.8) is 0 Å². The van der Waals surface area contributed by atoms with Crippen LogP contribution in [0.4, 0.5) is 0 Å². The molecule has 1 aromatic heterocycles. The van der Waals surface area contributed by atoms with Gasteiger partial charge >= 0.3 is 0 Å². The zero-order chi connectivity index (χ0) is 17.7. The molecule has 1 saturated carbocycles. The third-order valence-corrected chi connectivity index (χ3v) is 7.29. The SMILES string of the molecule is COC1(c2ccccc2)CC2CN(S(=O)(=O)c3cnn(C)n3)CC2C1. The van der Waals surface area contributed by atoms with Crippen molar-refractivity contribution >= 4 is 10.0 Å². The summed E-state index contributed by atoms with van der Waals surface area (Å²) in [7, 11) is -0.203. The smallest absolute Gasteiger partial charge is 0.264 e. The molecule has 1 aliphatic heterocycles. The predicted molar refractivity (Wildman–Crippen MR) is 91.1 cm³/mol. The normalized spacial score (nSPS) is 29.8. The molecule has 134 valence electrons. The van der Waals surface area contributed by atoms with Crippen molar-refractivity contribution in [2.24, 2.45) is 18.9 Å². The van der Waals surface area contributed by atoms with Crippen molar-refractivity contribution in [2.45, 2.75) is 23.5 Å². The van der Waals surface area contributed by atoms with Crippen LogP contribution in [0.2, 0.25) is 0 Å². The molecule has 1 aliphatic carbocycles. The highest BCUT2D eigenvalue weighted by Crippen LogP contribution is 2.51. The van der Waals surface area contributed by atoms with E-state index < -0.39 is 10.0 Å². The Bertz CT molecular complexity index is 851. The largest absolute Gasteiger partial charge is 0.374 e. The van der Waals surface area contributed by atoms with Crippen LogP contribution >= 0.6 is 0 Å². The molecule has 7 nitrogen and oxygen atoms in total. The first kappa shape index (κ1) is 16.7. The molecule has 1 saturated heterocycles. The van der Waals surface area contributed by atoms with Crippen LogP contribution in [0.3, 0.4) is 0 Å². The molecule has 0 spiro atoms. The molecule has 2 heterocycles. The standard InChI is InChI=1S/C17H22N4O3S/c1-20-18-10-16(19-20)25(22,23)21-11-13-8-17(24-2,9-14(13)12-21)15-6-4-3-5-7-15/h3-7,10,13-14H,8-9,11-12H2,1-2H3. The maximum atomic E-state index is 12.8. The number of sulfonamides is 1. The number of nitrogens with zero attached hydrogens (tertiary/aromatic N) is 4. The van der Waals surface area contributed by atoms with Crippen LogP contribution in [0, 0.1) is 11.8 Å². The Labute approximate surface area is 147 Å². The summed E-state index contributed by atoms with van der Waals surface area (Å²) < 4.78 is 33.0. The lowest BCUT2D eigenvalue weighted by Crippen LogP contribution is -2.33. The van der Waals surface area contributed by atoms with Crippen molar-refractivity contribution in [1.29, 1.82) is 0 Å². The van der Waals surface area contributed by atoms with Crippen LogP contribution in [0.15, 0.2) is 41.6 Å². The van der Waals surface area contributed by atoms with Crippen LogP contribution < -0.4 is 0 Å². The first-order valence-corrected chi connectivity index (χ1v) is 9.86. The van der Waals surface area contributed by atoms with E-state index in [0.717, 1.165) is 12.8 Å². The zero-order valence-electron chi connectivity index (χ0n) is 14.4. The predicted octanol–water partition coefficient (Wildman–Crippen LogP) is 1.39. The lowest BCUT2D eigenvalue weighted by molar-refractivity contribution is -0.0167. The van der Waals surface area contributed by atoms with Gasteiger partial charge in [-0.2, -0.15) is 14.2 Å². The number of ether oxygens (including phenoxy) is 1. The van der Waals surface area contributed by atoms with Gasteiger partial charge in [0, 0.05) is 27.2 Å². The van der Waals surface area contributed by atoms with E-state index in [1.807, 2.05) is 18.2 Å². The minimum absolute atomic E-state index is 0.0241. The van der Waals surface area contributed by atoms with Gasteiger partial charge in [-0.3, -0.25) is 0 Å². The second-order valence-corrected chi connectivity index (χ2v) is 8.87. The Balaban J connectivity index is 1.54. The fourth-order valence-electron chi connectivity index (χ4n) is 4.32. The number of rotatable bonds is 4. The van der Waals surface area contributed by atoms with Gasteiger partial charge in [-0.1, -0.05) is 30.3 Å². The van der Waals surface area contributed by atoms with Gasteiger partial charge in [-0.25, -0.2) is 8.42 Å². The minimum atomic E-state index is -3.57. The van der Waals surface area contributed by atoms with E-state index in [4.69, 9.17) is 4.74 Å². The Kier molecular flexibility index (Phi) is 3.93. The molecule has 2 atom stereocenters. The molecule has 2 fully saturated rings. The van der Waals surface area contributed by atoms with Crippen molar-refractivity contribution in [3.05, 3.63) is 42.1 Å². The van der Waals surface area contributed by atoms with Crippen LogP contribution in [-0.2, 0) is 27.4 Å². The second-order valence-electron chi connectivity index (χ2n) is 6.99. The summed E-state index contributed by atoms with van der Waals surface area (Å²) in [5.41, 5.74) is 0.870. The molecule has 0 bridgehead atoms. The monoisotopic (exact) mass is 362 g/mol. The van der Waals surface area contributed by atoms with Gasteiger partial charge in [0.05, 0.1) is 11.8 Å². The Morgan fingerprint density at radius 2 is 1.80 bits per heavy atom. The quantitative estimate of drug-likeness (QED) is 0.821. The third-order valence-electron chi connectivity index (χ3n) is 5.60. The van der Waals surface area contributed by atoms with Crippen LogP contribution in [0.1, 0.15) is 18.4 Å². The van der Waals surface area contributed by atoms with Gasteiger partial charge in [0.2, 0.25) is 5.03 Å². The molecule has 0 N–H and O–H groups in total. The minimum Gasteiger partial charge on any atom is -0.374 e. The first-order chi connectivity index (χ1) is 11.9. The summed E-state index contributed by atoms with van der Waals surface area (Å²) in [6.07, 6.45) is 2.99. The first-order valence-electron chi connectivity index (χ1n) is 8.42. The Hall–Kier alpha value is -1.77. The van der Waals surface area contributed by atoms with E-state index >= 15 is 0 Å². The molecular weight excluding hydrogens is 340 g/mol. The molecule has 0 amide bonds. The average Bonchev–Trinajstić information content (AvgIpc) is 3.29. The number of hydrogen-bond donors (Lipinski definition) is 0. The molecule has 2 unspecified atom stereocenters. The maximum Gasteiger partial charge on any atom is 0.264 e. The highest BCUT2D eigenvalue weighted by Gasteiger charge is 2.52. The second kappa shape index (κ2) is 5.89. The van der Waals surface area contributed by atoms with Crippen molar-refractivity contribution < 1.29 is 13.2 Å². The van der Waals surface area contributed by atoms with E-state index in [1.54, 1.807) is 18.5 Å². The van der Waals surface area contributed by atoms with Gasteiger partial charge in [0.1, 0.15) is 0 Å². The molecule has 2 aromatic rings. The fraction of sp³-hybridized carbons (Fsp3) is 0.529. The van der Waals surface area contributed by atoms with Crippen LogP contribution in [-0.4, -0.2) is 47.9 Å². The van der Waals surface area contributed by atoms with E-state index in [1.165, 1.54) is 16.6 Å². The van der Waals surface area contributed by atoms with Crippen LogP contribution in [0.5, 0.6) is 0 Å². The summed E-state index contributed by atoms with van der Waals surface area (Å²) >= 11 is 0. The average molecular weight is 362 g/mol. The van der Waals surface area contributed by atoms with Gasteiger partial charge in [-0.05, 0) is 30.2 Å². The van der Waals surface area contributed by atoms with E-state index in [0.29, 0.717) is 24.9 Å². The number of hydrogen-bond acceptors (Lipinski definition) is 5. The summed E-state index contributed by atoms with van der Waals surface area (Å²) in [6.45, 7) is 1.03. The summed E-state index contributed by atoms with van der Waals surface area (Å²) in [6, 6.07) is 10.2. The number of benzene rings is 1. The van der Waals surface area contributed by atoms with Gasteiger partial charge in [-0.15, -0.1) is 5.10 Å². The highest BCUT2D eigenvalue weighted by atomic mass is 32.2. The van der Waals surface area contributed by atoms with Crippen molar-refractivity contribution in [1.82, 2.24) is 19.3 Å². The van der Waals surface area contributed by atoms with Gasteiger partial charge in [0.25, 0.3) is 10.0 Å². The van der Waals surface area contributed by atoms with E-state index in [2.05, 4.69) is 22.3 Å². The highest BCUT2D eigenvalue weighted by molar-refractivity contribution is 7.89. The Morgan fingerprint density at radius 3 is 2.32 bits per heavy atom. The van der Waals surface area contributed by atoms with E-state index in [9.17, 15) is 8.42 Å². The van der Waals surface area contributed by atoms with E-state index in [-0.39, 0.29) is 10.6 Å². The maximum absolute atomic E-state index is 12.8. The molecule has 1 aromatic carbocycles. The molecule has 2 aliphatic rings. The van der Waals surface area contributed by atoms with Gasteiger partial charge in [0.15, 0.2) is 0 Å². The summed E-state index contributed by atoms with van der Waals surface area (Å²) in [5.74, 6) is 0.596. The summed E-state index contributed by atoms with van der Waals surface area (Å²) in [4.78, 5) is 1.27. The molecule has 25 heavy (non-hydrogen) atoms. The Morgan fingerprint density at radius 1 is 1.16 bits per heavy atom. The topological polar surface area (TPSA) is 77.3 Å². The van der Waals surface area contributed by atoms with Crippen molar-refractivity contribution in [2.75, 3.05) is 20.2 Å². The number of methoxy groups -OCH3 is 1. The number of aromatic nitrogens is 3. The third kappa shape index (κ3) is 2.68. The van der Waals surface area contributed by atoms with Gasteiger partial charge < -0.3 is 4.74 Å². The number of fused-ring (bicyclic) bond motifs is 1. The lowest BCUT2D eigenvalue weighted by atomic mass is 9.90. The molecule has 0 radical (unpaired) electrons. The number of aryl methyl sites for hydroxylation is 1. The van der Waals surface area contributed by atoms with Crippen LogP contribution in [0.25, 0.3) is 0 Å².